The van der Waals surface area contributed by atoms with Crippen LogP contribution in [0.15, 0.2) is 53.0 Å². The van der Waals surface area contributed by atoms with Crippen molar-refractivity contribution in [1.82, 2.24) is 15.3 Å². The molecule has 2 aromatic carbocycles. The van der Waals surface area contributed by atoms with E-state index in [0.717, 1.165) is 34.2 Å². The molecule has 0 saturated carbocycles. The lowest BCUT2D eigenvalue weighted by Crippen LogP contribution is -2.25. The predicted octanol–water partition coefficient (Wildman–Crippen LogP) is 3.69. The Bertz CT molecular complexity index is 764. The van der Waals surface area contributed by atoms with Gasteiger partial charge in [0.1, 0.15) is 5.82 Å². The number of nitrogens with zero attached hydrogens (tertiary/aromatic N) is 1. The molecule has 4 nitrogen and oxygen atoms in total. The second-order valence-electron chi connectivity index (χ2n) is 5.04. The van der Waals surface area contributed by atoms with Crippen LogP contribution in [0.2, 0.25) is 0 Å². The lowest BCUT2D eigenvalue weighted by molar-refractivity contribution is 0.0952. The molecule has 0 spiro atoms. The average molecular weight is 358 g/mol. The van der Waals surface area contributed by atoms with Crippen LogP contribution in [-0.4, -0.2) is 22.4 Å². The number of aryl methyl sites for hydroxylation is 1. The Hall–Kier alpha value is -2.14. The molecule has 0 radical (unpaired) electrons. The molecule has 0 aliphatic heterocycles. The van der Waals surface area contributed by atoms with Crippen molar-refractivity contribution in [2.75, 3.05) is 6.54 Å². The summed E-state index contributed by atoms with van der Waals surface area (Å²) in [6, 6.07) is 15.4. The fourth-order valence-corrected chi connectivity index (χ4v) is 2.79. The molecule has 0 saturated heterocycles. The summed E-state index contributed by atoms with van der Waals surface area (Å²) in [6.07, 6.45) is 1.65. The highest BCUT2D eigenvalue weighted by atomic mass is 79.9. The van der Waals surface area contributed by atoms with Gasteiger partial charge >= 0.3 is 0 Å². The van der Waals surface area contributed by atoms with Gasteiger partial charge in [-0.2, -0.15) is 0 Å². The third-order valence-electron chi connectivity index (χ3n) is 3.43. The number of fused-ring (bicyclic) bond motifs is 1. The largest absolute Gasteiger partial charge is 0.352 e. The Labute approximate surface area is 137 Å². The maximum atomic E-state index is 12.1. The van der Waals surface area contributed by atoms with Crippen molar-refractivity contribution in [2.24, 2.45) is 0 Å². The minimum Gasteiger partial charge on any atom is -0.352 e. The van der Waals surface area contributed by atoms with Gasteiger partial charge in [0.15, 0.2) is 0 Å². The van der Waals surface area contributed by atoms with E-state index in [1.165, 1.54) is 0 Å². The molecule has 1 aromatic heterocycles. The summed E-state index contributed by atoms with van der Waals surface area (Å²) >= 11 is 3.39. The van der Waals surface area contributed by atoms with Gasteiger partial charge in [-0.05, 0) is 46.6 Å². The Balaban J connectivity index is 1.51. The number of hydrogen-bond donors (Lipinski definition) is 2. The van der Waals surface area contributed by atoms with E-state index in [1.807, 2.05) is 42.5 Å². The van der Waals surface area contributed by atoms with E-state index in [4.69, 9.17) is 0 Å². The molecule has 0 aliphatic carbocycles. The van der Waals surface area contributed by atoms with Gasteiger partial charge in [0.2, 0.25) is 0 Å². The topological polar surface area (TPSA) is 57.8 Å². The highest BCUT2D eigenvalue weighted by molar-refractivity contribution is 9.10. The lowest BCUT2D eigenvalue weighted by atomic mass is 10.2. The summed E-state index contributed by atoms with van der Waals surface area (Å²) in [5, 5.41) is 2.93. The number of amides is 1. The molecule has 22 heavy (non-hydrogen) atoms. The zero-order valence-corrected chi connectivity index (χ0v) is 13.6. The van der Waals surface area contributed by atoms with Crippen LogP contribution in [-0.2, 0) is 6.42 Å². The molecule has 1 amide bonds. The zero-order valence-electron chi connectivity index (χ0n) is 12.0. The Morgan fingerprint density at radius 2 is 1.91 bits per heavy atom. The Kier molecular flexibility index (Phi) is 4.53. The van der Waals surface area contributed by atoms with Crippen LogP contribution in [0.25, 0.3) is 11.0 Å². The van der Waals surface area contributed by atoms with E-state index in [0.29, 0.717) is 12.1 Å². The first-order valence-corrected chi connectivity index (χ1v) is 8.00. The number of nitrogens with one attached hydrogen (secondary N) is 2. The first-order chi connectivity index (χ1) is 10.7. The normalized spacial score (nSPS) is 10.8. The fourth-order valence-electron chi connectivity index (χ4n) is 2.32. The molecule has 3 aromatic rings. The van der Waals surface area contributed by atoms with Gasteiger partial charge < -0.3 is 10.3 Å². The van der Waals surface area contributed by atoms with E-state index < -0.39 is 0 Å². The van der Waals surface area contributed by atoms with Crippen molar-refractivity contribution >= 4 is 32.9 Å². The van der Waals surface area contributed by atoms with Gasteiger partial charge in [0.05, 0.1) is 16.6 Å². The third kappa shape index (κ3) is 3.36. The molecule has 2 N–H and O–H groups in total. The van der Waals surface area contributed by atoms with Crippen LogP contribution in [0.4, 0.5) is 0 Å². The van der Waals surface area contributed by atoms with Crippen molar-refractivity contribution in [3.8, 4) is 0 Å². The summed E-state index contributed by atoms with van der Waals surface area (Å²) in [4.78, 5) is 19.9. The molecule has 1 heterocycles. The molecule has 0 aliphatic rings. The number of carbonyl (C=O) groups excluding carboxylic acids is 1. The maximum absolute atomic E-state index is 12.1. The van der Waals surface area contributed by atoms with Gasteiger partial charge in [0, 0.05) is 17.4 Å². The molecule has 3 rings (SSSR count). The summed E-state index contributed by atoms with van der Waals surface area (Å²) in [5.74, 6) is 0.897. The number of carbonyl (C=O) groups is 1. The van der Waals surface area contributed by atoms with Gasteiger partial charge in [-0.1, -0.05) is 24.3 Å². The second-order valence-corrected chi connectivity index (χ2v) is 5.89. The number of imidazole rings is 1. The van der Waals surface area contributed by atoms with Crippen molar-refractivity contribution in [3.05, 3.63) is 64.4 Å². The van der Waals surface area contributed by atoms with Crippen LogP contribution >= 0.6 is 15.9 Å². The molecule has 0 bridgehead atoms. The van der Waals surface area contributed by atoms with E-state index in [1.54, 1.807) is 6.07 Å². The predicted molar refractivity (Wildman–Crippen MR) is 90.9 cm³/mol. The van der Waals surface area contributed by atoms with Crippen LogP contribution < -0.4 is 5.32 Å². The van der Waals surface area contributed by atoms with Gasteiger partial charge in [-0.15, -0.1) is 0 Å². The molecule has 0 unspecified atom stereocenters. The van der Waals surface area contributed by atoms with E-state index in [9.17, 15) is 4.79 Å². The smallest absolute Gasteiger partial charge is 0.252 e. The highest BCUT2D eigenvalue weighted by Crippen LogP contribution is 2.15. The minimum atomic E-state index is -0.0583. The maximum Gasteiger partial charge on any atom is 0.252 e. The summed E-state index contributed by atoms with van der Waals surface area (Å²) in [7, 11) is 0. The molecule has 0 fully saturated rings. The number of aromatic amines is 1. The van der Waals surface area contributed by atoms with Crippen molar-refractivity contribution in [3.63, 3.8) is 0 Å². The minimum absolute atomic E-state index is 0.0583. The average Bonchev–Trinajstić information content (AvgIpc) is 2.94. The van der Waals surface area contributed by atoms with Crippen molar-refractivity contribution in [1.29, 1.82) is 0 Å². The summed E-state index contributed by atoms with van der Waals surface area (Å²) in [6.45, 7) is 0.622. The molecule has 112 valence electrons. The first-order valence-electron chi connectivity index (χ1n) is 7.20. The Morgan fingerprint density at radius 1 is 1.14 bits per heavy atom. The van der Waals surface area contributed by atoms with E-state index in [2.05, 4.69) is 31.2 Å². The SMILES string of the molecule is O=C(NCCCc1nc2ccccc2[nH]1)c1ccccc1Br. The van der Waals surface area contributed by atoms with Crippen LogP contribution in [0.1, 0.15) is 22.6 Å². The molecular formula is C17H16BrN3O. The van der Waals surface area contributed by atoms with E-state index in [-0.39, 0.29) is 5.91 Å². The van der Waals surface area contributed by atoms with Crippen LogP contribution in [0.3, 0.4) is 0 Å². The van der Waals surface area contributed by atoms with E-state index >= 15 is 0 Å². The number of rotatable bonds is 5. The van der Waals surface area contributed by atoms with Gasteiger partial charge in [-0.25, -0.2) is 4.98 Å². The lowest BCUT2D eigenvalue weighted by Gasteiger charge is -2.06. The van der Waals surface area contributed by atoms with Crippen LogP contribution in [0, 0.1) is 0 Å². The summed E-state index contributed by atoms with van der Waals surface area (Å²) < 4.78 is 0.810. The zero-order chi connectivity index (χ0) is 15.4. The number of halogens is 1. The Morgan fingerprint density at radius 3 is 2.73 bits per heavy atom. The second kappa shape index (κ2) is 6.75. The van der Waals surface area contributed by atoms with Crippen LogP contribution in [0.5, 0.6) is 0 Å². The number of hydrogen-bond acceptors (Lipinski definition) is 2. The number of H-pyrrole nitrogens is 1. The van der Waals surface area contributed by atoms with Gasteiger partial charge in [-0.3, -0.25) is 4.79 Å². The first kappa shape index (κ1) is 14.8. The molecular weight excluding hydrogens is 342 g/mol. The fraction of sp³-hybridized carbons (Fsp3) is 0.176. The number of aromatic nitrogens is 2. The highest BCUT2D eigenvalue weighted by Gasteiger charge is 2.08. The van der Waals surface area contributed by atoms with Gasteiger partial charge in [0.25, 0.3) is 5.91 Å². The summed E-state index contributed by atoms with van der Waals surface area (Å²) in [5.41, 5.74) is 2.69. The molecule has 5 heteroatoms. The standard InChI is InChI=1S/C17H16BrN3O/c18-13-7-2-1-6-12(13)17(22)19-11-5-10-16-20-14-8-3-4-9-15(14)21-16/h1-4,6-9H,5,10-11H2,(H,19,22)(H,20,21). The van der Waals surface area contributed by atoms with Crippen molar-refractivity contribution in [2.45, 2.75) is 12.8 Å². The number of benzene rings is 2. The quantitative estimate of drug-likeness (QED) is 0.684. The molecule has 0 atom stereocenters. The number of para-hydroxylation sites is 2. The van der Waals surface area contributed by atoms with Crippen molar-refractivity contribution < 1.29 is 4.79 Å². The monoisotopic (exact) mass is 357 g/mol. The third-order valence-corrected chi connectivity index (χ3v) is 4.12.